The van der Waals surface area contributed by atoms with Gasteiger partial charge in [-0.25, -0.2) is 4.39 Å². The van der Waals surface area contributed by atoms with Gasteiger partial charge in [-0.15, -0.1) is 0 Å². The monoisotopic (exact) mass is 230 g/mol. The molecule has 2 rings (SSSR count). The van der Waals surface area contributed by atoms with E-state index in [2.05, 4.69) is 4.98 Å². The lowest BCUT2D eigenvalue weighted by atomic mass is 10.00. The van der Waals surface area contributed by atoms with E-state index in [1.807, 2.05) is 0 Å². The Bertz CT molecular complexity index is 564. The minimum Gasteiger partial charge on any atom is -0.364 e. The number of pyridine rings is 1. The van der Waals surface area contributed by atoms with Crippen molar-refractivity contribution in [3.05, 3.63) is 53.6 Å². The normalized spacial score (nSPS) is 10.2. The van der Waals surface area contributed by atoms with Crippen LogP contribution >= 0.6 is 0 Å². The molecule has 0 bridgehead atoms. The molecule has 0 saturated carbocycles. The highest BCUT2D eigenvalue weighted by atomic mass is 19.1. The van der Waals surface area contributed by atoms with Gasteiger partial charge in [0.1, 0.15) is 11.5 Å². The fraction of sp³-hybridized carbons (Fsp3) is 0.0769. The van der Waals surface area contributed by atoms with Crippen molar-refractivity contribution in [1.82, 2.24) is 4.98 Å². The van der Waals surface area contributed by atoms with Gasteiger partial charge in [0.05, 0.1) is 0 Å². The van der Waals surface area contributed by atoms with Crippen molar-refractivity contribution in [1.29, 1.82) is 0 Å². The fourth-order valence-corrected chi connectivity index (χ4v) is 1.73. The number of benzene rings is 1. The van der Waals surface area contributed by atoms with Gasteiger partial charge in [-0.1, -0.05) is 12.1 Å². The molecule has 0 aliphatic rings. The molecule has 0 radical (unpaired) electrons. The zero-order valence-corrected chi connectivity index (χ0v) is 9.27. The molecule has 0 saturated heterocycles. The maximum absolute atomic E-state index is 12.8. The highest BCUT2D eigenvalue weighted by Crippen LogP contribution is 2.24. The third kappa shape index (κ3) is 2.15. The van der Waals surface area contributed by atoms with Gasteiger partial charge in [-0.05, 0) is 41.8 Å². The number of primary amides is 1. The number of aromatic nitrogens is 1. The van der Waals surface area contributed by atoms with E-state index in [1.54, 1.807) is 25.1 Å². The summed E-state index contributed by atoms with van der Waals surface area (Å²) < 4.78 is 12.8. The van der Waals surface area contributed by atoms with E-state index in [1.165, 1.54) is 18.3 Å². The number of carbonyl (C=O) groups is 1. The van der Waals surface area contributed by atoms with Crippen molar-refractivity contribution in [3.8, 4) is 11.1 Å². The second-order valence-corrected chi connectivity index (χ2v) is 3.70. The molecule has 0 spiro atoms. The molecule has 0 fully saturated rings. The lowest BCUT2D eigenvalue weighted by Crippen LogP contribution is -2.15. The average molecular weight is 230 g/mol. The minimum atomic E-state index is -0.563. The van der Waals surface area contributed by atoms with Crippen molar-refractivity contribution in [2.75, 3.05) is 0 Å². The zero-order valence-electron chi connectivity index (χ0n) is 9.27. The molecule has 0 unspecified atom stereocenters. The quantitative estimate of drug-likeness (QED) is 0.860. The third-order valence-electron chi connectivity index (χ3n) is 2.59. The molecular formula is C13H11FN2O. The Labute approximate surface area is 98.1 Å². The number of halogens is 1. The van der Waals surface area contributed by atoms with E-state index in [-0.39, 0.29) is 11.5 Å². The summed E-state index contributed by atoms with van der Waals surface area (Å²) >= 11 is 0. The Kier molecular flexibility index (Phi) is 2.87. The van der Waals surface area contributed by atoms with E-state index < -0.39 is 5.91 Å². The van der Waals surface area contributed by atoms with E-state index in [4.69, 9.17) is 5.73 Å². The van der Waals surface area contributed by atoms with Gasteiger partial charge in [-0.2, -0.15) is 0 Å². The van der Waals surface area contributed by atoms with Crippen LogP contribution in [0.15, 0.2) is 36.5 Å². The van der Waals surface area contributed by atoms with Gasteiger partial charge in [0, 0.05) is 6.20 Å². The molecule has 86 valence electrons. The number of carbonyl (C=O) groups excluding carboxylic acids is 1. The van der Waals surface area contributed by atoms with E-state index in [0.29, 0.717) is 5.56 Å². The first-order valence-corrected chi connectivity index (χ1v) is 5.11. The summed E-state index contributed by atoms with van der Waals surface area (Å²) in [5.41, 5.74) is 7.82. The highest BCUT2D eigenvalue weighted by molar-refractivity contribution is 5.94. The molecule has 2 aromatic rings. The molecule has 1 aromatic heterocycles. The molecule has 0 aliphatic heterocycles. The van der Waals surface area contributed by atoms with Crippen molar-refractivity contribution < 1.29 is 9.18 Å². The summed E-state index contributed by atoms with van der Waals surface area (Å²) in [5, 5.41) is 0. The molecule has 2 N–H and O–H groups in total. The Morgan fingerprint density at radius 3 is 2.47 bits per heavy atom. The van der Waals surface area contributed by atoms with Gasteiger partial charge in [0.15, 0.2) is 0 Å². The van der Waals surface area contributed by atoms with Gasteiger partial charge in [0.25, 0.3) is 5.91 Å². The van der Waals surface area contributed by atoms with Crippen LogP contribution in [0.1, 0.15) is 16.1 Å². The zero-order chi connectivity index (χ0) is 12.4. The summed E-state index contributed by atoms with van der Waals surface area (Å²) in [4.78, 5) is 15.1. The van der Waals surface area contributed by atoms with Crippen LogP contribution in [0.2, 0.25) is 0 Å². The maximum Gasteiger partial charge on any atom is 0.267 e. The van der Waals surface area contributed by atoms with Crippen molar-refractivity contribution in [2.24, 2.45) is 5.73 Å². The number of amides is 1. The molecule has 3 nitrogen and oxygen atoms in total. The minimum absolute atomic E-state index is 0.242. The number of nitrogens with zero attached hydrogens (tertiary/aromatic N) is 1. The number of hydrogen-bond donors (Lipinski definition) is 1. The standard InChI is InChI=1S/C13H11FN2O/c1-8-11(6-7-16-12(8)13(15)17)9-2-4-10(14)5-3-9/h2-7H,1H3,(H2,15,17). The largest absolute Gasteiger partial charge is 0.364 e. The summed E-state index contributed by atoms with van der Waals surface area (Å²) in [6, 6.07) is 7.83. The van der Waals surface area contributed by atoms with Crippen LogP contribution in [0, 0.1) is 12.7 Å². The van der Waals surface area contributed by atoms with E-state index >= 15 is 0 Å². The van der Waals surface area contributed by atoms with Gasteiger partial charge in [-0.3, -0.25) is 9.78 Å². The first-order chi connectivity index (χ1) is 8.09. The first-order valence-electron chi connectivity index (χ1n) is 5.11. The smallest absolute Gasteiger partial charge is 0.267 e. The lowest BCUT2D eigenvalue weighted by molar-refractivity contribution is 0.0995. The SMILES string of the molecule is Cc1c(-c2ccc(F)cc2)ccnc1C(N)=O. The van der Waals surface area contributed by atoms with Crippen LogP contribution in [0.3, 0.4) is 0 Å². The average Bonchev–Trinajstić information content (AvgIpc) is 2.30. The Morgan fingerprint density at radius 2 is 1.88 bits per heavy atom. The highest BCUT2D eigenvalue weighted by Gasteiger charge is 2.11. The second-order valence-electron chi connectivity index (χ2n) is 3.70. The van der Waals surface area contributed by atoms with E-state index in [0.717, 1.165) is 11.1 Å². The predicted octanol–water partition coefficient (Wildman–Crippen LogP) is 2.30. The van der Waals surface area contributed by atoms with Gasteiger partial charge in [0.2, 0.25) is 0 Å². The van der Waals surface area contributed by atoms with E-state index in [9.17, 15) is 9.18 Å². The molecule has 4 heteroatoms. The molecule has 1 heterocycles. The second kappa shape index (κ2) is 4.33. The van der Waals surface area contributed by atoms with Crippen LogP contribution in [-0.4, -0.2) is 10.9 Å². The molecule has 17 heavy (non-hydrogen) atoms. The van der Waals surface area contributed by atoms with Crippen molar-refractivity contribution >= 4 is 5.91 Å². The topological polar surface area (TPSA) is 56.0 Å². The van der Waals surface area contributed by atoms with Crippen LogP contribution in [0.25, 0.3) is 11.1 Å². The van der Waals surface area contributed by atoms with Gasteiger partial charge < -0.3 is 5.73 Å². The molecule has 1 amide bonds. The summed E-state index contributed by atoms with van der Waals surface area (Å²) in [5.74, 6) is -0.859. The lowest BCUT2D eigenvalue weighted by Gasteiger charge is -2.08. The Morgan fingerprint density at radius 1 is 1.24 bits per heavy atom. The van der Waals surface area contributed by atoms with Crippen LogP contribution < -0.4 is 5.73 Å². The summed E-state index contributed by atoms with van der Waals surface area (Å²) in [7, 11) is 0. The van der Waals surface area contributed by atoms with Crippen LogP contribution in [-0.2, 0) is 0 Å². The van der Waals surface area contributed by atoms with Crippen molar-refractivity contribution in [3.63, 3.8) is 0 Å². The Hall–Kier alpha value is -2.23. The third-order valence-corrected chi connectivity index (χ3v) is 2.59. The fourth-order valence-electron chi connectivity index (χ4n) is 1.73. The summed E-state index contributed by atoms with van der Waals surface area (Å²) in [6.07, 6.45) is 1.52. The van der Waals surface area contributed by atoms with Gasteiger partial charge >= 0.3 is 0 Å². The van der Waals surface area contributed by atoms with Crippen LogP contribution in [0.4, 0.5) is 4.39 Å². The maximum atomic E-state index is 12.8. The Balaban J connectivity index is 2.56. The predicted molar refractivity (Wildman–Crippen MR) is 62.9 cm³/mol. The van der Waals surface area contributed by atoms with Crippen molar-refractivity contribution in [2.45, 2.75) is 6.92 Å². The number of rotatable bonds is 2. The van der Waals surface area contributed by atoms with Crippen LogP contribution in [0.5, 0.6) is 0 Å². The molecule has 0 atom stereocenters. The first kappa shape index (κ1) is 11.3. The number of nitrogens with two attached hydrogens (primary N) is 1. The molecule has 1 aromatic carbocycles. The molecular weight excluding hydrogens is 219 g/mol. The number of hydrogen-bond acceptors (Lipinski definition) is 2. The summed E-state index contributed by atoms with van der Waals surface area (Å²) in [6.45, 7) is 1.77. The molecule has 0 aliphatic carbocycles.